The highest BCUT2D eigenvalue weighted by Crippen LogP contribution is 2.18. The minimum absolute atomic E-state index is 0.0992. The van der Waals surface area contributed by atoms with Gasteiger partial charge in [0.2, 0.25) is 5.22 Å². The number of amides is 1. The van der Waals surface area contributed by atoms with Crippen LogP contribution in [0.5, 0.6) is 0 Å². The van der Waals surface area contributed by atoms with Crippen molar-refractivity contribution in [2.24, 2.45) is 5.73 Å². The van der Waals surface area contributed by atoms with Gasteiger partial charge in [0.05, 0.1) is 16.8 Å². The van der Waals surface area contributed by atoms with E-state index in [0.29, 0.717) is 23.5 Å². The third-order valence-electron chi connectivity index (χ3n) is 1.89. The standard InChI is InChI=1S/C9H11ClN2O2S/c1-12(4-2-7(11)15)9(13)6-3-5-14-8(6)10/h3,5H,2,4H2,1H3,(H2,11,15). The second-order valence-electron chi connectivity index (χ2n) is 3.05. The molecular weight excluding hydrogens is 236 g/mol. The summed E-state index contributed by atoms with van der Waals surface area (Å²) in [5, 5.41) is 0.0992. The molecule has 0 aliphatic heterocycles. The average molecular weight is 247 g/mol. The van der Waals surface area contributed by atoms with Gasteiger partial charge in [-0.05, 0) is 17.7 Å². The minimum atomic E-state index is -0.204. The Morgan fingerprint density at radius 3 is 2.87 bits per heavy atom. The number of rotatable bonds is 4. The number of carbonyl (C=O) groups excluding carboxylic acids is 1. The molecule has 0 aliphatic rings. The fourth-order valence-electron chi connectivity index (χ4n) is 1.03. The van der Waals surface area contributed by atoms with Gasteiger partial charge < -0.3 is 15.1 Å². The van der Waals surface area contributed by atoms with Crippen LogP contribution in [-0.2, 0) is 0 Å². The molecule has 82 valence electrons. The Labute approximate surface area is 98.0 Å². The number of hydrogen-bond donors (Lipinski definition) is 1. The Morgan fingerprint density at radius 1 is 1.73 bits per heavy atom. The molecule has 0 saturated carbocycles. The van der Waals surface area contributed by atoms with Crippen LogP contribution in [0.3, 0.4) is 0 Å². The highest BCUT2D eigenvalue weighted by atomic mass is 35.5. The molecule has 0 fully saturated rings. The highest BCUT2D eigenvalue weighted by Gasteiger charge is 2.16. The van der Waals surface area contributed by atoms with E-state index in [1.54, 1.807) is 7.05 Å². The smallest absolute Gasteiger partial charge is 0.258 e. The summed E-state index contributed by atoms with van der Waals surface area (Å²) in [7, 11) is 1.66. The zero-order valence-electron chi connectivity index (χ0n) is 8.20. The molecule has 0 aromatic carbocycles. The number of nitrogens with zero attached hydrogens (tertiary/aromatic N) is 1. The zero-order chi connectivity index (χ0) is 11.4. The average Bonchev–Trinajstić information content (AvgIpc) is 2.59. The molecule has 0 spiro atoms. The van der Waals surface area contributed by atoms with Crippen LogP contribution in [0.15, 0.2) is 16.7 Å². The highest BCUT2D eigenvalue weighted by molar-refractivity contribution is 7.80. The third-order valence-corrected chi connectivity index (χ3v) is 2.39. The van der Waals surface area contributed by atoms with Crippen molar-refractivity contribution in [1.29, 1.82) is 0 Å². The quantitative estimate of drug-likeness (QED) is 0.822. The molecule has 1 heterocycles. The van der Waals surface area contributed by atoms with Crippen LogP contribution < -0.4 is 5.73 Å². The molecule has 0 aliphatic carbocycles. The maximum absolute atomic E-state index is 11.7. The number of halogens is 1. The Balaban J connectivity index is 2.61. The van der Waals surface area contributed by atoms with Crippen molar-refractivity contribution in [2.45, 2.75) is 6.42 Å². The summed E-state index contributed by atoms with van der Waals surface area (Å²) in [6.45, 7) is 0.468. The fourth-order valence-corrected chi connectivity index (χ4v) is 1.32. The van der Waals surface area contributed by atoms with Crippen LogP contribution in [0.2, 0.25) is 5.22 Å². The normalized spacial score (nSPS) is 10.0. The van der Waals surface area contributed by atoms with Crippen molar-refractivity contribution < 1.29 is 9.21 Å². The predicted molar refractivity (Wildman–Crippen MR) is 62.1 cm³/mol. The van der Waals surface area contributed by atoms with E-state index in [-0.39, 0.29) is 11.1 Å². The van der Waals surface area contributed by atoms with Crippen LogP contribution in [0.25, 0.3) is 0 Å². The Morgan fingerprint density at radius 2 is 2.40 bits per heavy atom. The lowest BCUT2D eigenvalue weighted by Crippen LogP contribution is -2.29. The van der Waals surface area contributed by atoms with E-state index in [1.165, 1.54) is 17.2 Å². The van der Waals surface area contributed by atoms with Gasteiger partial charge in [-0.25, -0.2) is 0 Å². The number of carbonyl (C=O) groups is 1. The monoisotopic (exact) mass is 246 g/mol. The predicted octanol–water partition coefficient (Wildman–Crippen LogP) is 1.68. The van der Waals surface area contributed by atoms with E-state index in [0.717, 1.165) is 0 Å². The first-order valence-corrected chi connectivity index (χ1v) is 5.07. The van der Waals surface area contributed by atoms with E-state index in [2.05, 4.69) is 0 Å². The van der Waals surface area contributed by atoms with Gasteiger partial charge in [0.25, 0.3) is 5.91 Å². The van der Waals surface area contributed by atoms with Gasteiger partial charge in [-0.2, -0.15) is 0 Å². The first-order chi connectivity index (χ1) is 7.02. The lowest BCUT2D eigenvalue weighted by molar-refractivity contribution is 0.0798. The number of thiocarbonyl (C=S) groups is 1. The summed E-state index contributed by atoms with van der Waals surface area (Å²) in [5.41, 5.74) is 5.69. The van der Waals surface area contributed by atoms with Crippen molar-refractivity contribution in [3.63, 3.8) is 0 Å². The molecule has 4 nitrogen and oxygen atoms in total. The fraction of sp³-hybridized carbons (Fsp3) is 0.333. The number of hydrogen-bond acceptors (Lipinski definition) is 3. The van der Waals surface area contributed by atoms with E-state index in [9.17, 15) is 4.79 Å². The maximum Gasteiger partial charge on any atom is 0.258 e. The minimum Gasteiger partial charge on any atom is -0.452 e. The van der Waals surface area contributed by atoms with Gasteiger partial charge in [-0.1, -0.05) is 12.2 Å². The first kappa shape index (κ1) is 12.0. The molecule has 1 aromatic rings. The van der Waals surface area contributed by atoms with Crippen molar-refractivity contribution in [1.82, 2.24) is 4.90 Å². The third kappa shape index (κ3) is 3.21. The lowest BCUT2D eigenvalue weighted by atomic mass is 10.3. The van der Waals surface area contributed by atoms with Gasteiger partial charge in [-0.3, -0.25) is 4.79 Å². The maximum atomic E-state index is 11.7. The lowest BCUT2D eigenvalue weighted by Gasteiger charge is -2.15. The van der Waals surface area contributed by atoms with Gasteiger partial charge >= 0.3 is 0 Å². The molecule has 6 heteroatoms. The molecule has 15 heavy (non-hydrogen) atoms. The van der Waals surface area contributed by atoms with Crippen LogP contribution in [0, 0.1) is 0 Å². The first-order valence-electron chi connectivity index (χ1n) is 4.29. The summed E-state index contributed by atoms with van der Waals surface area (Å²) in [6.07, 6.45) is 1.87. The van der Waals surface area contributed by atoms with E-state index in [4.69, 9.17) is 34.0 Å². The molecule has 0 saturated heterocycles. The van der Waals surface area contributed by atoms with Gasteiger partial charge in [0.15, 0.2) is 0 Å². The molecule has 0 radical (unpaired) electrons. The van der Waals surface area contributed by atoms with Gasteiger partial charge in [-0.15, -0.1) is 0 Å². The zero-order valence-corrected chi connectivity index (χ0v) is 9.77. The summed E-state index contributed by atoms with van der Waals surface area (Å²) in [6, 6.07) is 1.53. The second-order valence-corrected chi connectivity index (χ2v) is 3.92. The second kappa shape index (κ2) is 5.14. The van der Waals surface area contributed by atoms with Crippen LogP contribution in [0.4, 0.5) is 0 Å². The van der Waals surface area contributed by atoms with Crippen molar-refractivity contribution in [2.75, 3.05) is 13.6 Å². The van der Waals surface area contributed by atoms with Gasteiger partial charge in [0.1, 0.15) is 0 Å². The molecule has 1 aromatic heterocycles. The SMILES string of the molecule is CN(CCC(N)=S)C(=O)c1ccoc1Cl. The van der Waals surface area contributed by atoms with Crippen molar-refractivity contribution in [3.05, 3.63) is 23.1 Å². The molecule has 2 N–H and O–H groups in total. The van der Waals surface area contributed by atoms with Crippen LogP contribution in [0.1, 0.15) is 16.8 Å². The molecular formula is C9H11ClN2O2S. The molecule has 1 rings (SSSR count). The molecule has 1 amide bonds. The van der Waals surface area contributed by atoms with E-state index < -0.39 is 0 Å². The van der Waals surface area contributed by atoms with Crippen LogP contribution in [-0.4, -0.2) is 29.4 Å². The Hall–Kier alpha value is -1.07. The molecule has 0 unspecified atom stereocenters. The largest absolute Gasteiger partial charge is 0.452 e. The Bertz CT molecular complexity index is 378. The van der Waals surface area contributed by atoms with Crippen molar-refractivity contribution >= 4 is 34.7 Å². The van der Waals surface area contributed by atoms with Crippen LogP contribution >= 0.6 is 23.8 Å². The Kier molecular flexibility index (Phi) is 4.11. The summed E-state index contributed by atoms with van der Waals surface area (Å²) >= 11 is 10.4. The summed E-state index contributed by atoms with van der Waals surface area (Å²) in [4.78, 5) is 13.6. The van der Waals surface area contributed by atoms with Gasteiger partial charge in [0, 0.05) is 20.0 Å². The molecule has 0 atom stereocenters. The summed E-state index contributed by atoms with van der Waals surface area (Å²) in [5.74, 6) is -0.204. The topological polar surface area (TPSA) is 59.5 Å². The van der Waals surface area contributed by atoms with Crippen molar-refractivity contribution in [3.8, 4) is 0 Å². The number of furan rings is 1. The molecule has 0 bridgehead atoms. The number of nitrogens with two attached hydrogens (primary N) is 1. The van der Waals surface area contributed by atoms with E-state index in [1.807, 2.05) is 0 Å². The van der Waals surface area contributed by atoms with E-state index >= 15 is 0 Å². The summed E-state index contributed by atoms with van der Waals surface area (Å²) < 4.78 is 4.83.